The molecule has 0 fully saturated rings. The second kappa shape index (κ2) is 4.44. The van der Waals surface area contributed by atoms with Crippen molar-refractivity contribution in [2.24, 2.45) is 11.7 Å². The van der Waals surface area contributed by atoms with Crippen LogP contribution in [-0.2, 0) is 0 Å². The number of phenols is 1. The summed E-state index contributed by atoms with van der Waals surface area (Å²) in [5, 5.41) is 19.4. The summed E-state index contributed by atoms with van der Waals surface area (Å²) in [5.74, 6) is 0.265. The maximum atomic E-state index is 9.86. The lowest BCUT2D eigenvalue weighted by Crippen LogP contribution is -2.33. The summed E-state index contributed by atoms with van der Waals surface area (Å²) in [6, 6.07) is 6.36. The summed E-state index contributed by atoms with van der Waals surface area (Å²) >= 11 is 0. The molecule has 0 aliphatic carbocycles. The van der Waals surface area contributed by atoms with Crippen LogP contribution in [0.4, 0.5) is 0 Å². The topological polar surface area (TPSA) is 66.5 Å². The molecule has 1 rings (SSSR count). The van der Waals surface area contributed by atoms with Crippen LogP contribution in [0.25, 0.3) is 0 Å². The van der Waals surface area contributed by atoms with Crippen molar-refractivity contribution in [1.82, 2.24) is 0 Å². The quantitative estimate of drug-likeness (QED) is 0.683. The van der Waals surface area contributed by atoms with Gasteiger partial charge in [0, 0.05) is 11.6 Å². The molecule has 14 heavy (non-hydrogen) atoms. The van der Waals surface area contributed by atoms with E-state index in [9.17, 15) is 10.2 Å². The van der Waals surface area contributed by atoms with Crippen LogP contribution in [0.3, 0.4) is 0 Å². The smallest absolute Gasteiger partial charge is 0.121 e. The van der Waals surface area contributed by atoms with Crippen LogP contribution in [0.2, 0.25) is 0 Å². The van der Waals surface area contributed by atoms with E-state index < -0.39 is 6.10 Å². The fourth-order valence-corrected chi connectivity index (χ4v) is 1.31. The molecule has 2 atom stereocenters. The molecule has 0 unspecified atom stereocenters. The van der Waals surface area contributed by atoms with Gasteiger partial charge in [-0.15, -0.1) is 0 Å². The van der Waals surface area contributed by atoms with Gasteiger partial charge in [-0.2, -0.15) is 0 Å². The van der Waals surface area contributed by atoms with E-state index in [0.29, 0.717) is 5.56 Å². The van der Waals surface area contributed by atoms with Gasteiger partial charge in [0.05, 0.1) is 6.10 Å². The number of para-hydroxylation sites is 1. The SMILES string of the molecule is CC(C)[C@H](N)[C@@H](O)c1ccccc1O. The van der Waals surface area contributed by atoms with Crippen molar-refractivity contribution < 1.29 is 10.2 Å². The molecule has 0 saturated heterocycles. The monoisotopic (exact) mass is 195 g/mol. The Hall–Kier alpha value is -1.06. The largest absolute Gasteiger partial charge is 0.508 e. The Bertz CT molecular complexity index is 299. The van der Waals surface area contributed by atoms with Gasteiger partial charge in [0.25, 0.3) is 0 Å². The third-order valence-electron chi connectivity index (χ3n) is 2.39. The van der Waals surface area contributed by atoms with Crippen molar-refractivity contribution >= 4 is 0 Å². The van der Waals surface area contributed by atoms with Crippen LogP contribution >= 0.6 is 0 Å². The van der Waals surface area contributed by atoms with Gasteiger partial charge in [0.15, 0.2) is 0 Å². The van der Waals surface area contributed by atoms with Crippen molar-refractivity contribution in [1.29, 1.82) is 0 Å². The summed E-state index contributed by atoms with van der Waals surface area (Å²) in [7, 11) is 0. The van der Waals surface area contributed by atoms with Crippen LogP contribution in [0.15, 0.2) is 24.3 Å². The number of hydrogen-bond donors (Lipinski definition) is 3. The Morgan fingerprint density at radius 2 is 1.79 bits per heavy atom. The molecule has 0 heterocycles. The number of aliphatic hydroxyl groups excluding tert-OH is 1. The first-order valence-corrected chi connectivity index (χ1v) is 4.75. The van der Waals surface area contributed by atoms with E-state index in [4.69, 9.17) is 5.73 Å². The third kappa shape index (κ3) is 2.25. The van der Waals surface area contributed by atoms with E-state index in [1.165, 1.54) is 0 Å². The standard InChI is InChI=1S/C11H17NO2/c1-7(2)10(12)11(14)8-5-3-4-6-9(8)13/h3-7,10-11,13-14H,12H2,1-2H3/t10-,11-/m0/s1. The molecule has 0 aromatic heterocycles. The van der Waals surface area contributed by atoms with Crippen LogP contribution in [0, 0.1) is 5.92 Å². The van der Waals surface area contributed by atoms with E-state index in [-0.39, 0.29) is 17.7 Å². The zero-order chi connectivity index (χ0) is 10.7. The number of benzene rings is 1. The van der Waals surface area contributed by atoms with Gasteiger partial charge in [0.1, 0.15) is 5.75 Å². The van der Waals surface area contributed by atoms with E-state index in [0.717, 1.165) is 0 Å². The van der Waals surface area contributed by atoms with Crippen molar-refractivity contribution in [3.63, 3.8) is 0 Å². The molecule has 78 valence electrons. The first-order chi connectivity index (χ1) is 6.54. The Morgan fingerprint density at radius 3 is 2.29 bits per heavy atom. The summed E-state index contributed by atoms with van der Waals surface area (Å²) in [4.78, 5) is 0. The van der Waals surface area contributed by atoms with Gasteiger partial charge >= 0.3 is 0 Å². The van der Waals surface area contributed by atoms with Crippen LogP contribution < -0.4 is 5.73 Å². The molecule has 0 bridgehead atoms. The fourth-order valence-electron chi connectivity index (χ4n) is 1.31. The number of phenolic OH excluding ortho intramolecular Hbond substituents is 1. The lowest BCUT2D eigenvalue weighted by atomic mass is 9.94. The van der Waals surface area contributed by atoms with Crippen molar-refractivity contribution in [2.75, 3.05) is 0 Å². The molecule has 0 saturated carbocycles. The minimum atomic E-state index is -0.809. The number of hydrogen-bond acceptors (Lipinski definition) is 3. The Labute approximate surface area is 84.2 Å². The highest BCUT2D eigenvalue weighted by atomic mass is 16.3. The summed E-state index contributed by atoms with van der Waals surface area (Å²) in [5.41, 5.74) is 6.29. The number of aliphatic hydroxyl groups is 1. The average molecular weight is 195 g/mol. The molecule has 0 spiro atoms. The van der Waals surface area contributed by atoms with E-state index in [2.05, 4.69) is 0 Å². The first kappa shape index (κ1) is 11.0. The van der Waals surface area contributed by atoms with Crippen LogP contribution in [0.5, 0.6) is 5.75 Å². The minimum Gasteiger partial charge on any atom is -0.508 e. The van der Waals surface area contributed by atoms with Gasteiger partial charge in [-0.1, -0.05) is 32.0 Å². The lowest BCUT2D eigenvalue weighted by molar-refractivity contribution is 0.123. The molecule has 3 heteroatoms. The van der Waals surface area contributed by atoms with Crippen molar-refractivity contribution in [3.8, 4) is 5.75 Å². The third-order valence-corrected chi connectivity index (χ3v) is 2.39. The minimum absolute atomic E-state index is 0.0936. The van der Waals surface area contributed by atoms with Gasteiger partial charge < -0.3 is 15.9 Å². The highest BCUT2D eigenvalue weighted by Crippen LogP contribution is 2.27. The predicted molar refractivity (Wildman–Crippen MR) is 55.9 cm³/mol. The fraction of sp³-hybridized carbons (Fsp3) is 0.455. The molecule has 4 N–H and O–H groups in total. The number of rotatable bonds is 3. The molecule has 0 aliphatic rings. The highest BCUT2D eigenvalue weighted by Gasteiger charge is 2.21. The average Bonchev–Trinajstić information content (AvgIpc) is 2.16. The molecular weight excluding hydrogens is 178 g/mol. The normalized spacial score (nSPS) is 15.5. The molecule has 1 aromatic rings. The highest BCUT2D eigenvalue weighted by molar-refractivity contribution is 5.34. The second-order valence-corrected chi connectivity index (χ2v) is 3.83. The Balaban J connectivity index is 2.89. The van der Waals surface area contributed by atoms with Gasteiger partial charge in [-0.25, -0.2) is 0 Å². The number of aromatic hydroxyl groups is 1. The van der Waals surface area contributed by atoms with Crippen LogP contribution in [0.1, 0.15) is 25.5 Å². The number of nitrogens with two attached hydrogens (primary N) is 1. The predicted octanol–water partition coefficient (Wildman–Crippen LogP) is 1.41. The Morgan fingerprint density at radius 1 is 1.21 bits per heavy atom. The molecule has 0 amide bonds. The summed E-state index contributed by atoms with van der Waals surface area (Å²) in [6.45, 7) is 3.88. The lowest BCUT2D eigenvalue weighted by Gasteiger charge is -2.22. The second-order valence-electron chi connectivity index (χ2n) is 3.83. The Kier molecular flexibility index (Phi) is 3.49. The summed E-state index contributed by atoms with van der Waals surface area (Å²) in [6.07, 6.45) is -0.809. The zero-order valence-electron chi connectivity index (χ0n) is 8.51. The van der Waals surface area contributed by atoms with Gasteiger partial charge in [-0.05, 0) is 12.0 Å². The van der Waals surface area contributed by atoms with Crippen molar-refractivity contribution in [3.05, 3.63) is 29.8 Å². The van der Waals surface area contributed by atoms with Gasteiger partial charge in [-0.3, -0.25) is 0 Å². The van der Waals surface area contributed by atoms with E-state index >= 15 is 0 Å². The molecule has 1 aromatic carbocycles. The molecular formula is C11H17NO2. The van der Waals surface area contributed by atoms with Crippen LogP contribution in [-0.4, -0.2) is 16.3 Å². The van der Waals surface area contributed by atoms with E-state index in [1.807, 2.05) is 13.8 Å². The molecule has 0 radical (unpaired) electrons. The van der Waals surface area contributed by atoms with E-state index in [1.54, 1.807) is 24.3 Å². The van der Waals surface area contributed by atoms with Crippen molar-refractivity contribution in [2.45, 2.75) is 26.0 Å². The summed E-state index contributed by atoms with van der Waals surface area (Å²) < 4.78 is 0. The molecule has 0 aliphatic heterocycles. The zero-order valence-corrected chi connectivity index (χ0v) is 8.51. The maximum Gasteiger partial charge on any atom is 0.121 e. The molecule has 3 nitrogen and oxygen atoms in total. The maximum absolute atomic E-state index is 9.86. The first-order valence-electron chi connectivity index (χ1n) is 4.75. The van der Waals surface area contributed by atoms with Gasteiger partial charge in [0.2, 0.25) is 0 Å².